The quantitative estimate of drug-likeness (QED) is 0.757. The van der Waals surface area contributed by atoms with Crippen LogP contribution in [-0.2, 0) is 13.0 Å². The maximum Gasteiger partial charge on any atom is 0.135 e. The normalized spacial score (nSPS) is 12.7. The maximum absolute atomic E-state index is 5.35. The summed E-state index contributed by atoms with van der Waals surface area (Å²) in [4.78, 5) is 0. The van der Waals surface area contributed by atoms with E-state index in [0.717, 1.165) is 39.9 Å². The number of nitrogens with one attached hydrogen (secondary N) is 2. The van der Waals surface area contributed by atoms with Crippen molar-refractivity contribution in [1.29, 1.82) is 0 Å². The molecule has 1 aliphatic heterocycles. The second-order valence-corrected chi connectivity index (χ2v) is 6.66. The Hall–Kier alpha value is -1.20. The molecule has 0 saturated heterocycles. The highest BCUT2D eigenvalue weighted by atomic mass is 79.9. The Morgan fingerprint density at radius 2 is 2.10 bits per heavy atom. The number of ether oxygens (including phenoxy) is 1. The molecule has 3 nitrogen and oxygen atoms in total. The van der Waals surface area contributed by atoms with E-state index in [9.17, 15) is 0 Å². The Bertz CT molecular complexity index is 674. The first kappa shape index (κ1) is 14.7. The van der Waals surface area contributed by atoms with Gasteiger partial charge in [-0.3, -0.25) is 0 Å². The average Bonchev–Trinajstić information content (AvgIpc) is 2.95. The molecule has 0 fully saturated rings. The summed E-state index contributed by atoms with van der Waals surface area (Å²) in [6, 6.07) is 10.5. The summed E-state index contributed by atoms with van der Waals surface area (Å²) in [5.41, 5.74) is 5.00. The number of rotatable bonds is 4. The molecule has 0 saturated carbocycles. The molecule has 21 heavy (non-hydrogen) atoms. The number of halogens is 2. The third kappa shape index (κ3) is 3.04. The number of hydrogen-bond donors (Lipinski definition) is 2. The van der Waals surface area contributed by atoms with Gasteiger partial charge in [0.05, 0.1) is 17.3 Å². The molecule has 0 aromatic heterocycles. The zero-order valence-corrected chi connectivity index (χ0v) is 14.8. The van der Waals surface area contributed by atoms with E-state index in [1.54, 1.807) is 7.11 Å². The molecule has 2 aromatic rings. The van der Waals surface area contributed by atoms with Crippen LogP contribution in [0, 0.1) is 0 Å². The van der Waals surface area contributed by atoms with Crippen LogP contribution in [0.15, 0.2) is 39.3 Å². The lowest BCUT2D eigenvalue weighted by Crippen LogP contribution is -2.04. The summed E-state index contributed by atoms with van der Waals surface area (Å²) < 4.78 is 7.29. The highest BCUT2D eigenvalue weighted by molar-refractivity contribution is 9.11. The monoisotopic (exact) mass is 410 g/mol. The largest absolute Gasteiger partial charge is 0.495 e. The maximum atomic E-state index is 5.35. The van der Waals surface area contributed by atoms with Gasteiger partial charge in [0.1, 0.15) is 5.75 Å². The Morgan fingerprint density at radius 1 is 1.24 bits per heavy atom. The van der Waals surface area contributed by atoms with Gasteiger partial charge in [-0.1, -0.05) is 18.2 Å². The minimum absolute atomic E-state index is 0.777. The predicted octanol–water partition coefficient (Wildman–Crippen LogP) is 4.80. The van der Waals surface area contributed by atoms with Crippen LogP contribution in [0.4, 0.5) is 11.4 Å². The van der Waals surface area contributed by atoms with Crippen molar-refractivity contribution in [3.05, 3.63) is 50.4 Å². The summed E-state index contributed by atoms with van der Waals surface area (Å²) in [6.45, 7) is 1.81. The lowest BCUT2D eigenvalue weighted by molar-refractivity contribution is 0.412. The van der Waals surface area contributed by atoms with Gasteiger partial charge in [-0.05, 0) is 55.5 Å². The van der Waals surface area contributed by atoms with E-state index < -0.39 is 0 Å². The van der Waals surface area contributed by atoms with E-state index in [-0.39, 0.29) is 0 Å². The van der Waals surface area contributed by atoms with Gasteiger partial charge in [-0.25, -0.2) is 0 Å². The van der Waals surface area contributed by atoms with Gasteiger partial charge < -0.3 is 15.4 Å². The van der Waals surface area contributed by atoms with Crippen molar-refractivity contribution in [2.75, 3.05) is 24.3 Å². The van der Waals surface area contributed by atoms with E-state index in [4.69, 9.17) is 4.74 Å². The molecule has 3 rings (SSSR count). The zero-order chi connectivity index (χ0) is 14.8. The van der Waals surface area contributed by atoms with Crippen LogP contribution in [0.25, 0.3) is 0 Å². The molecular formula is C16H16Br2N2O. The molecule has 1 heterocycles. The first-order chi connectivity index (χ1) is 10.2. The molecule has 1 aliphatic rings. The molecule has 0 spiro atoms. The van der Waals surface area contributed by atoms with Crippen LogP contribution in [0.1, 0.15) is 11.1 Å². The Balaban J connectivity index is 1.81. The first-order valence-corrected chi connectivity index (χ1v) is 8.39. The molecule has 2 aromatic carbocycles. The van der Waals surface area contributed by atoms with E-state index in [1.807, 2.05) is 12.1 Å². The number of benzene rings is 2. The standard InChI is InChI=1S/C16H16Br2N2O/c1-21-15-8-14(12(17)7-13(15)18)20-9-11-4-2-3-10-5-6-19-16(10)11/h2-4,7-8,19-20H,5-6,9H2,1H3. The van der Waals surface area contributed by atoms with E-state index in [0.29, 0.717) is 0 Å². The van der Waals surface area contributed by atoms with Crippen LogP contribution in [0.5, 0.6) is 5.75 Å². The van der Waals surface area contributed by atoms with Gasteiger partial charge >= 0.3 is 0 Å². The minimum Gasteiger partial charge on any atom is -0.495 e. The molecule has 2 N–H and O–H groups in total. The fourth-order valence-electron chi connectivity index (χ4n) is 2.57. The van der Waals surface area contributed by atoms with Crippen LogP contribution < -0.4 is 15.4 Å². The Morgan fingerprint density at radius 3 is 2.90 bits per heavy atom. The van der Waals surface area contributed by atoms with Gasteiger partial charge in [-0.15, -0.1) is 0 Å². The number of fused-ring (bicyclic) bond motifs is 1. The second-order valence-electron chi connectivity index (χ2n) is 4.95. The molecule has 0 bridgehead atoms. The number of methoxy groups -OCH3 is 1. The molecule has 0 atom stereocenters. The molecule has 5 heteroatoms. The third-order valence-corrected chi connectivity index (χ3v) is 4.92. The van der Waals surface area contributed by atoms with E-state index >= 15 is 0 Å². The predicted molar refractivity (Wildman–Crippen MR) is 94.4 cm³/mol. The second kappa shape index (κ2) is 6.28. The Labute approximate surface area is 141 Å². The fourth-order valence-corrected chi connectivity index (χ4v) is 3.87. The van der Waals surface area contributed by atoms with Gasteiger partial charge in [0.15, 0.2) is 0 Å². The summed E-state index contributed by atoms with van der Waals surface area (Å²) in [5.74, 6) is 0.817. The first-order valence-electron chi connectivity index (χ1n) is 6.80. The molecule has 0 amide bonds. The van der Waals surface area contributed by atoms with Crippen molar-refractivity contribution in [1.82, 2.24) is 0 Å². The molecule has 0 aliphatic carbocycles. The topological polar surface area (TPSA) is 33.3 Å². The molecule has 110 valence electrons. The number of hydrogen-bond acceptors (Lipinski definition) is 3. The van der Waals surface area contributed by atoms with Crippen molar-refractivity contribution in [3.8, 4) is 5.75 Å². The lowest BCUT2D eigenvalue weighted by atomic mass is 10.1. The highest BCUT2D eigenvalue weighted by Gasteiger charge is 2.14. The summed E-state index contributed by atoms with van der Waals surface area (Å²) in [5, 5.41) is 6.94. The SMILES string of the molecule is COc1cc(NCc2cccc3c2NCC3)c(Br)cc1Br. The molecule has 0 unspecified atom stereocenters. The van der Waals surface area contributed by atoms with E-state index in [2.05, 4.69) is 60.7 Å². The summed E-state index contributed by atoms with van der Waals surface area (Å²) in [6.07, 6.45) is 1.11. The van der Waals surface area contributed by atoms with Crippen molar-refractivity contribution < 1.29 is 4.74 Å². The molecular weight excluding hydrogens is 396 g/mol. The fraction of sp³-hybridized carbons (Fsp3) is 0.250. The van der Waals surface area contributed by atoms with Crippen molar-refractivity contribution in [2.24, 2.45) is 0 Å². The van der Waals surface area contributed by atoms with Gasteiger partial charge in [-0.2, -0.15) is 0 Å². The van der Waals surface area contributed by atoms with Crippen molar-refractivity contribution >= 4 is 43.2 Å². The summed E-state index contributed by atoms with van der Waals surface area (Å²) >= 11 is 7.07. The molecule has 0 radical (unpaired) electrons. The number of para-hydroxylation sites is 1. The van der Waals surface area contributed by atoms with Crippen LogP contribution in [0.3, 0.4) is 0 Å². The van der Waals surface area contributed by atoms with Crippen molar-refractivity contribution in [3.63, 3.8) is 0 Å². The zero-order valence-electron chi connectivity index (χ0n) is 11.7. The summed E-state index contributed by atoms with van der Waals surface area (Å²) in [7, 11) is 1.67. The van der Waals surface area contributed by atoms with Crippen LogP contribution in [0.2, 0.25) is 0 Å². The average molecular weight is 412 g/mol. The van der Waals surface area contributed by atoms with Gasteiger partial charge in [0.2, 0.25) is 0 Å². The third-order valence-electron chi connectivity index (χ3n) is 3.64. The van der Waals surface area contributed by atoms with E-state index in [1.165, 1.54) is 16.8 Å². The van der Waals surface area contributed by atoms with Crippen LogP contribution >= 0.6 is 31.9 Å². The van der Waals surface area contributed by atoms with Crippen LogP contribution in [-0.4, -0.2) is 13.7 Å². The van der Waals surface area contributed by atoms with Crippen molar-refractivity contribution in [2.45, 2.75) is 13.0 Å². The lowest BCUT2D eigenvalue weighted by Gasteiger charge is -2.14. The van der Waals surface area contributed by atoms with Gasteiger partial charge in [0.25, 0.3) is 0 Å². The Kier molecular flexibility index (Phi) is 4.40. The highest BCUT2D eigenvalue weighted by Crippen LogP contribution is 2.35. The van der Waals surface area contributed by atoms with Gasteiger partial charge in [0, 0.05) is 29.3 Å². The smallest absolute Gasteiger partial charge is 0.135 e. The number of anilines is 2. The minimum atomic E-state index is 0.777.